The average Bonchev–Trinajstić information content (AvgIpc) is 3.04. The molecule has 1 saturated carbocycles. The molecule has 1 fully saturated rings. The molecule has 0 aliphatic heterocycles. The van der Waals surface area contributed by atoms with Crippen LogP contribution < -0.4 is 4.72 Å². The summed E-state index contributed by atoms with van der Waals surface area (Å²) in [6, 6.07) is 0. The molecule has 0 bridgehead atoms. The Morgan fingerprint density at radius 3 is 2.75 bits per heavy atom. The average molecular weight is 303 g/mol. The van der Waals surface area contributed by atoms with E-state index in [0.717, 1.165) is 25.7 Å². The first-order valence-corrected chi connectivity index (χ1v) is 8.19. The number of aliphatic hydroxyl groups excluding tert-OH is 1. The largest absolute Gasteiger partial charge is 0.394 e. The second-order valence-corrected chi connectivity index (χ2v) is 6.90. The number of aromatic nitrogens is 2. The number of sulfonamides is 1. The van der Waals surface area contributed by atoms with E-state index < -0.39 is 15.6 Å². The molecule has 2 rings (SSSR count). The Morgan fingerprint density at radius 2 is 2.20 bits per heavy atom. The third kappa shape index (κ3) is 3.57. The summed E-state index contributed by atoms with van der Waals surface area (Å²) >= 11 is 0. The van der Waals surface area contributed by atoms with Crippen LogP contribution in [0.5, 0.6) is 0 Å². The van der Waals surface area contributed by atoms with Crippen LogP contribution in [0, 0.1) is 0 Å². The van der Waals surface area contributed by atoms with Gasteiger partial charge >= 0.3 is 0 Å². The zero-order valence-electron chi connectivity index (χ0n) is 11.6. The lowest BCUT2D eigenvalue weighted by molar-refractivity contribution is -0.0492. The monoisotopic (exact) mass is 303 g/mol. The van der Waals surface area contributed by atoms with Crippen LogP contribution in [-0.4, -0.2) is 48.7 Å². The topological polar surface area (TPSA) is 93.5 Å². The van der Waals surface area contributed by atoms with Crippen LogP contribution in [0.25, 0.3) is 0 Å². The van der Waals surface area contributed by atoms with E-state index in [1.54, 1.807) is 7.05 Å². The SMILES string of the molecule is Cn1cc(S(=O)(=O)NCC2(OCCO)CCCC2)cn1. The highest BCUT2D eigenvalue weighted by Crippen LogP contribution is 2.32. The molecule has 20 heavy (non-hydrogen) atoms. The minimum Gasteiger partial charge on any atom is -0.394 e. The zero-order chi connectivity index (χ0) is 14.6. The summed E-state index contributed by atoms with van der Waals surface area (Å²) in [6.45, 7) is 0.399. The molecule has 2 N–H and O–H groups in total. The molecule has 1 heterocycles. The first-order chi connectivity index (χ1) is 9.47. The van der Waals surface area contributed by atoms with E-state index >= 15 is 0 Å². The number of ether oxygens (including phenoxy) is 1. The van der Waals surface area contributed by atoms with E-state index in [4.69, 9.17) is 9.84 Å². The molecule has 0 unspecified atom stereocenters. The first kappa shape index (κ1) is 15.4. The Labute approximate surface area is 119 Å². The van der Waals surface area contributed by atoms with E-state index in [9.17, 15) is 8.42 Å². The van der Waals surface area contributed by atoms with Crippen molar-refractivity contribution >= 4 is 10.0 Å². The maximum absolute atomic E-state index is 12.1. The fraction of sp³-hybridized carbons (Fsp3) is 0.750. The molecular formula is C12H21N3O4S. The molecule has 1 aromatic rings. The maximum Gasteiger partial charge on any atom is 0.243 e. The molecule has 0 saturated heterocycles. The van der Waals surface area contributed by atoms with Crippen LogP contribution in [0.2, 0.25) is 0 Å². The van der Waals surface area contributed by atoms with E-state index in [1.807, 2.05) is 0 Å². The normalized spacial score (nSPS) is 18.5. The van der Waals surface area contributed by atoms with Gasteiger partial charge in [0.1, 0.15) is 4.90 Å². The maximum atomic E-state index is 12.1. The van der Waals surface area contributed by atoms with Crippen LogP contribution in [0.4, 0.5) is 0 Å². The molecule has 1 aromatic heterocycles. The number of hydrogen-bond donors (Lipinski definition) is 2. The lowest BCUT2D eigenvalue weighted by atomic mass is 10.0. The Morgan fingerprint density at radius 1 is 1.50 bits per heavy atom. The first-order valence-electron chi connectivity index (χ1n) is 6.71. The molecular weight excluding hydrogens is 282 g/mol. The lowest BCUT2D eigenvalue weighted by Crippen LogP contribution is -2.43. The molecule has 0 radical (unpaired) electrons. The predicted octanol–water partition coefficient (Wildman–Crippen LogP) is 0.0201. The van der Waals surface area contributed by atoms with Crippen LogP contribution in [0.3, 0.4) is 0 Å². The highest BCUT2D eigenvalue weighted by atomic mass is 32.2. The number of aryl methyl sites for hydroxylation is 1. The van der Waals surface area contributed by atoms with Gasteiger partial charge in [0.2, 0.25) is 10.0 Å². The summed E-state index contributed by atoms with van der Waals surface area (Å²) in [7, 11) is -1.90. The number of hydrogen-bond acceptors (Lipinski definition) is 5. The van der Waals surface area contributed by atoms with Crippen molar-refractivity contribution < 1.29 is 18.3 Å². The van der Waals surface area contributed by atoms with Crippen molar-refractivity contribution in [1.82, 2.24) is 14.5 Å². The van der Waals surface area contributed by atoms with E-state index in [2.05, 4.69) is 9.82 Å². The van der Waals surface area contributed by atoms with Crippen molar-refractivity contribution in [3.8, 4) is 0 Å². The van der Waals surface area contributed by atoms with E-state index in [-0.39, 0.29) is 24.7 Å². The Kier molecular flexibility index (Phi) is 4.79. The molecule has 1 aliphatic carbocycles. The van der Waals surface area contributed by atoms with Crippen molar-refractivity contribution in [1.29, 1.82) is 0 Å². The minimum absolute atomic E-state index is 0.0584. The predicted molar refractivity (Wildman–Crippen MR) is 72.6 cm³/mol. The molecule has 7 nitrogen and oxygen atoms in total. The Bertz CT molecular complexity index is 535. The zero-order valence-corrected chi connectivity index (χ0v) is 12.4. The summed E-state index contributed by atoms with van der Waals surface area (Å²) in [5.74, 6) is 0. The Hall–Kier alpha value is -0.960. The minimum atomic E-state index is -3.57. The smallest absolute Gasteiger partial charge is 0.243 e. The van der Waals surface area contributed by atoms with Crippen molar-refractivity contribution in [2.45, 2.75) is 36.2 Å². The standard InChI is InChI=1S/C12H21N3O4S/c1-15-9-11(8-13-15)20(17,18)14-10-12(19-7-6-16)4-2-3-5-12/h8-9,14,16H,2-7,10H2,1H3. The van der Waals surface area contributed by atoms with Gasteiger partial charge in [0, 0.05) is 19.8 Å². The second kappa shape index (κ2) is 6.21. The summed E-state index contributed by atoms with van der Waals surface area (Å²) in [6.07, 6.45) is 6.42. The van der Waals surface area contributed by atoms with Crippen molar-refractivity contribution in [2.75, 3.05) is 19.8 Å². The van der Waals surface area contributed by atoms with Crippen LogP contribution in [-0.2, 0) is 21.8 Å². The number of nitrogens with zero attached hydrogens (tertiary/aromatic N) is 2. The van der Waals surface area contributed by atoms with Gasteiger partial charge in [-0.2, -0.15) is 5.10 Å². The van der Waals surface area contributed by atoms with Gasteiger partial charge in [0.25, 0.3) is 0 Å². The highest BCUT2D eigenvalue weighted by molar-refractivity contribution is 7.89. The summed E-state index contributed by atoms with van der Waals surface area (Å²) < 4.78 is 34.0. The quantitative estimate of drug-likeness (QED) is 0.740. The number of aliphatic hydroxyl groups is 1. The molecule has 114 valence electrons. The molecule has 0 spiro atoms. The van der Waals surface area contributed by atoms with Gasteiger partial charge in [-0.15, -0.1) is 0 Å². The van der Waals surface area contributed by atoms with Gasteiger partial charge in [-0.3, -0.25) is 4.68 Å². The van der Waals surface area contributed by atoms with Crippen molar-refractivity contribution in [3.63, 3.8) is 0 Å². The fourth-order valence-electron chi connectivity index (χ4n) is 2.50. The second-order valence-electron chi connectivity index (χ2n) is 5.14. The third-order valence-electron chi connectivity index (χ3n) is 3.59. The van der Waals surface area contributed by atoms with Gasteiger partial charge in [0.15, 0.2) is 0 Å². The van der Waals surface area contributed by atoms with Crippen molar-refractivity contribution in [3.05, 3.63) is 12.4 Å². The van der Waals surface area contributed by atoms with Gasteiger partial charge in [-0.05, 0) is 12.8 Å². The molecule has 8 heteroatoms. The summed E-state index contributed by atoms with van der Waals surface area (Å²) in [5, 5.41) is 12.7. The number of rotatable bonds is 7. The number of nitrogens with one attached hydrogen (secondary N) is 1. The van der Waals surface area contributed by atoms with E-state index in [0.29, 0.717) is 0 Å². The van der Waals surface area contributed by atoms with Crippen molar-refractivity contribution in [2.24, 2.45) is 7.05 Å². The third-order valence-corrected chi connectivity index (χ3v) is 4.95. The summed E-state index contributed by atoms with van der Waals surface area (Å²) in [5.41, 5.74) is -0.488. The van der Waals surface area contributed by atoms with Gasteiger partial charge in [0.05, 0.1) is 25.0 Å². The molecule has 0 amide bonds. The lowest BCUT2D eigenvalue weighted by Gasteiger charge is -2.29. The van der Waals surface area contributed by atoms with Crippen LogP contribution in [0.1, 0.15) is 25.7 Å². The van der Waals surface area contributed by atoms with Crippen LogP contribution in [0.15, 0.2) is 17.3 Å². The molecule has 0 atom stereocenters. The fourth-order valence-corrected chi connectivity index (χ4v) is 3.60. The molecule has 1 aliphatic rings. The Balaban J connectivity index is 2.02. The van der Waals surface area contributed by atoms with E-state index in [1.165, 1.54) is 17.1 Å². The van der Waals surface area contributed by atoms with Gasteiger partial charge in [-0.1, -0.05) is 12.8 Å². The van der Waals surface area contributed by atoms with Crippen LogP contribution >= 0.6 is 0 Å². The van der Waals surface area contributed by atoms with Gasteiger partial charge < -0.3 is 9.84 Å². The highest BCUT2D eigenvalue weighted by Gasteiger charge is 2.36. The summed E-state index contributed by atoms with van der Waals surface area (Å²) in [4.78, 5) is 0.148. The van der Waals surface area contributed by atoms with Gasteiger partial charge in [-0.25, -0.2) is 13.1 Å². The molecule has 0 aromatic carbocycles.